The van der Waals surface area contributed by atoms with Crippen LogP contribution in [0.4, 0.5) is 8.78 Å². The third kappa shape index (κ3) is 17.8. The topological polar surface area (TPSA) is 90.2 Å². The minimum atomic E-state index is -2.52. The summed E-state index contributed by atoms with van der Waals surface area (Å²) in [7, 11) is 0. The quantitative estimate of drug-likeness (QED) is 0.164. The molecule has 0 atom stereocenters. The third-order valence-electron chi connectivity index (χ3n) is 7.95. The molecule has 8 aromatic rings. The number of alkyl halides is 2. The second kappa shape index (κ2) is 23.5. The van der Waals surface area contributed by atoms with Crippen molar-refractivity contribution < 1.29 is 8.78 Å². The molecule has 9 heteroatoms. The van der Waals surface area contributed by atoms with Crippen LogP contribution in [0.15, 0.2) is 134 Å². The molecule has 2 aromatic carbocycles. The molecule has 6 aromatic heterocycles. The minimum absolute atomic E-state index is 0.273. The molecule has 0 N–H and O–H groups in total. The van der Waals surface area contributed by atoms with E-state index in [2.05, 4.69) is 115 Å². The number of aryl methyl sites for hydroxylation is 10. The van der Waals surface area contributed by atoms with E-state index in [0.29, 0.717) is 5.69 Å². The van der Waals surface area contributed by atoms with E-state index < -0.39 is 6.43 Å². The van der Waals surface area contributed by atoms with Gasteiger partial charge in [0, 0.05) is 64.5 Å². The summed E-state index contributed by atoms with van der Waals surface area (Å²) >= 11 is 0. The second-order valence-electron chi connectivity index (χ2n) is 13.7. The van der Waals surface area contributed by atoms with Crippen LogP contribution in [-0.4, -0.2) is 34.9 Å². The summed E-state index contributed by atoms with van der Waals surface area (Å²) in [6, 6.07) is 33.0. The van der Waals surface area contributed by atoms with Crippen molar-refractivity contribution in [1.29, 1.82) is 0 Å². The lowest BCUT2D eigenvalue weighted by Gasteiger charge is -1.99. The number of hydrogen-bond donors (Lipinski definition) is 0. The van der Waals surface area contributed by atoms with Gasteiger partial charge in [-0.2, -0.15) is 0 Å². The number of fused-ring (bicyclic) bond motifs is 2. The molecule has 7 nitrogen and oxygen atoms in total. The first-order valence-electron chi connectivity index (χ1n) is 18.6. The second-order valence-corrected chi connectivity index (χ2v) is 13.7. The molecule has 0 fully saturated rings. The summed E-state index contributed by atoms with van der Waals surface area (Å²) in [5.41, 5.74) is 13.0. The van der Waals surface area contributed by atoms with Gasteiger partial charge in [0.05, 0.1) is 22.9 Å². The summed E-state index contributed by atoms with van der Waals surface area (Å²) in [4.78, 5) is 28.0. The summed E-state index contributed by atoms with van der Waals surface area (Å²) in [5, 5.41) is 2.43. The number of rotatable bonds is 1. The Labute approximate surface area is 336 Å². The standard InChI is InChI=1S/C11H11N.C10H9N.3C7H9N.C6H6F2N2/c1-8-3-6-11-10(7-8)5-4-9(2)12-11;1-8-4-5-9-3-2-6-11-10(9)7-8;3*1-6-3-4-7(2)8-5-6;1-4-2-10-5(3-9-4)6(7)8/h3-7H,1-2H3;2-7H,1H3;3*3-5H,1-2H3;2-3,6H,1H3. The lowest BCUT2D eigenvalue weighted by Crippen LogP contribution is -1.91. The Hall–Kier alpha value is -6.35. The van der Waals surface area contributed by atoms with Crippen molar-refractivity contribution >= 4 is 21.8 Å². The number of hydrogen-bond acceptors (Lipinski definition) is 7. The SMILES string of the molecule is Cc1ccc(C)nc1.Cc1ccc(C)nc1.Cc1ccc(C)nc1.Cc1ccc2cccnc2c1.Cc1ccc2nc(C)ccc2c1.Cc1cnc(C(F)F)cn1. The Kier molecular flexibility index (Phi) is 18.6. The Morgan fingerprint density at radius 3 is 1.32 bits per heavy atom. The summed E-state index contributed by atoms with van der Waals surface area (Å²) in [6.07, 6.45) is 7.32. The molecular formula is C48H53F2N7. The van der Waals surface area contributed by atoms with Crippen molar-refractivity contribution in [2.24, 2.45) is 0 Å². The van der Waals surface area contributed by atoms with E-state index in [4.69, 9.17) is 0 Å². The van der Waals surface area contributed by atoms with Crippen LogP contribution in [-0.2, 0) is 0 Å². The van der Waals surface area contributed by atoms with Gasteiger partial charge in [-0.1, -0.05) is 54.1 Å². The van der Waals surface area contributed by atoms with Crippen LogP contribution in [0.3, 0.4) is 0 Å². The zero-order valence-corrected chi connectivity index (χ0v) is 34.7. The van der Waals surface area contributed by atoms with Crippen molar-refractivity contribution in [3.63, 3.8) is 0 Å². The van der Waals surface area contributed by atoms with Crippen LogP contribution >= 0.6 is 0 Å². The van der Waals surface area contributed by atoms with Crippen LogP contribution in [0.2, 0.25) is 0 Å². The fourth-order valence-electron chi connectivity index (χ4n) is 4.66. The highest BCUT2D eigenvalue weighted by Crippen LogP contribution is 2.15. The minimum Gasteiger partial charge on any atom is -0.261 e. The van der Waals surface area contributed by atoms with Gasteiger partial charge in [-0.05, 0) is 140 Å². The van der Waals surface area contributed by atoms with Gasteiger partial charge in [0.15, 0.2) is 0 Å². The predicted molar refractivity (Wildman–Crippen MR) is 231 cm³/mol. The third-order valence-corrected chi connectivity index (χ3v) is 7.95. The average molecular weight is 766 g/mol. The van der Waals surface area contributed by atoms with Gasteiger partial charge in [0.25, 0.3) is 6.43 Å². The predicted octanol–water partition coefficient (Wildman–Crippen LogP) is 12.2. The number of aromatic nitrogens is 7. The van der Waals surface area contributed by atoms with E-state index in [9.17, 15) is 8.78 Å². The van der Waals surface area contributed by atoms with Crippen molar-refractivity contribution in [3.8, 4) is 0 Å². The Morgan fingerprint density at radius 2 is 0.842 bits per heavy atom. The van der Waals surface area contributed by atoms with Crippen LogP contribution in [0.25, 0.3) is 21.8 Å². The summed E-state index contributed by atoms with van der Waals surface area (Å²) < 4.78 is 23.6. The monoisotopic (exact) mass is 765 g/mol. The van der Waals surface area contributed by atoms with E-state index in [1.165, 1.54) is 44.8 Å². The zero-order valence-electron chi connectivity index (χ0n) is 34.7. The molecule has 0 aliphatic rings. The van der Waals surface area contributed by atoms with E-state index in [0.717, 1.165) is 40.0 Å². The Bertz CT molecular complexity index is 2160. The highest BCUT2D eigenvalue weighted by atomic mass is 19.3. The molecule has 0 amide bonds. The fourth-order valence-corrected chi connectivity index (χ4v) is 4.66. The van der Waals surface area contributed by atoms with Crippen molar-refractivity contribution in [2.75, 3.05) is 0 Å². The molecule has 0 spiro atoms. The molecule has 294 valence electrons. The molecule has 6 heterocycles. The lowest BCUT2D eigenvalue weighted by atomic mass is 10.1. The van der Waals surface area contributed by atoms with Gasteiger partial charge in [-0.3, -0.25) is 34.9 Å². The molecule has 0 radical (unpaired) electrons. The molecule has 0 aliphatic heterocycles. The maximum Gasteiger partial charge on any atom is 0.281 e. The van der Waals surface area contributed by atoms with Crippen molar-refractivity contribution in [3.05, 3.63) is 196 Å². The molecular weight excluding hydrogens is 713 g/mol. The smallest absolute Gasteiger partial charge is 0.261 e. The molecule has 0 unspecified atom stereocenters. The van der Waals surface area contributed by atoms with Gasteiger partial charge in [0.1, 0.15) is 5.69 Å². The summed E-state index contributed by atoms with van der Waals surface area (Å²) in [5.74, 6) is 0. The number of pyridine rings is 5. The average Bonchev–Trinajstić information content (AvgIpc) is 3.20. The van der Waals surface area contributed by atoms with Gasteiger partial charge in [-0.15, -0.1) is 0 Å². The largest absolute Gasteiger partial charge is 0.281 e. The highest BCUT2D eigenvalue weighted by molar-refractivity contribution is 5.79. The molecule has 57 heavy (non-hydrogen) atoms. The number of nitrogens with zero attached hydrogens (tertiary/aromatic N) is 7. The van der Waals surface area contributed by atoms with Gasteiger partial charge in [0.2, 0.25) is 0 Å². The number of benzene rings is 2. The maximum atomic E-state index is 11.8. The lowest BCUT2D eigenvalue weighted by molar-refractivity contribution is 0.145. The van der Waals surface area contributed by atoms with E-state index in [-0.39, 0.29) is 5.69 Å². The highest BCUT2D eigenvalue weighted by Gasteiger charge is 2.07. The van der Waals surface area contributed by atoms with E-state index in [1.54, 1.807) is 6.92 Å². The zero-order chi connectivity index (χ0) is 41.7. The Balaban J connectivity index is 0.000000185. The van der Waals surface area contributed by atoms with Gasteiger partial charge >= 0.3 is 0 Å². The fraction of sp³-hybridized carbons (Fsp3) is 0.229. The van der Waals surface area contributed by atoms with Crippen LogP contribution in [0.1, 0.15) is 68.4 Å². The van der Waals surface area contributed by atoms with Gasteiger partial charge in [-0.25, -0.2) is 8.78 Å². The van der Waals surface area contributed by atoms with Crippen LogP contribution < -0.4 is 0 Å². The van der Waals surface area contributed by atoms with E-state index in [1.807, 2.05) is 104 Å². The molecule has 0 bridgehead atoms. The molecule has 0 saturated carbocycles. The number of halogens is 2. The van der Waals surface area contributed by atoms with E-state index >= 15 is 0 Å². The van der Waals surface area contributed by atoms with Crippen molar-refractivity contribution in [2.45, 2.75) is 75.7 Å². The first-order chi connectivity index (χ1) is 27.2. The van der Waals surface area contributed by atoms with Crippen LogP contribution in [0.5, 0.6) is 0 Å². The molecule has 0 aliphatic carbocycles. The normalized spacial score (nSPS) is 9.91. The first kappa shape index (κ1) is 45.0. The molecule has 8 rings (SSSR count). The van der Waals surface area contributed by atoms with Gasteiger partial charge < -0.3 is 0 Å². The maximum absolute atomic E-state index is 11.8. The summed E-state index contributed by atoms with van der Waals surface area (Å²) in [6.45, 7) is 19.9. The Morgan fingerprint density at radius 1 is 0.368 bits per heavy atom. The van der Waals surface area contributed by atoms with Crippen LogP contribution in [0, 0.1) is 69.2 Å². The first-order valence-corrected chi connectivity index (χ1v) is 18.6. The van der Waals surface area contributed by atoms with Crippen molar-refractivity contribution in [1.82, 2.24) is 34.9 Å². The molecule has 0 saturated heterocycles.